The highest BCUT2D eigenvalue weighted by Gasteiger charge is 2.30. The lowest BCUT2D eigenvalue weighted by molar-refractivity contribution is 0.0699. The van der Waals surface area contributed by atoms with Crippen LogP contribution < -0.4 is 4.18 Å². The lowest BCUT2D eigenvalue weighted by atomic mass is 10.1. The van der Waals surface area contributed by atoms with E-state index in [0.29, 0.717) is 5.56 Å². The Bertz CT molecular complexity index is 1450. The minimum absolute atomic E-state index is 0.00971. The zero-order valence-corrected chi connectivity index (χ0v) is 18.1. The maximum atomic E-state index is 13.3. The molecule has 3 heterocycles. The molecule has 0 unspecified atom stereocenters. The number of phenolic OH excluding ortho intramolecular Hbond substituents is 1. The number of phenols is 1. The number of pyridine rings is 1. The monoisotopic (exact) mass is 473 g/mol. The molecule has 1 aliphatic rings. The van der Waals surface area contributed by atoms with Crippen molar-refractivity contribution in [3.63, 3.8) is 0 Å². The first kappa shape index (κ1) is 21.4. The highest BCUT2D eigenvalue weighted by atomic mass is 32.2. The lowest BCUT2D eigenvalue weighted by Crippen LogP contribution is -2.42. The van der Waals surface area contributed by atoms with Crippen LogP contribution >= 0.6 is 0 Å². The number of ether oxygens (including phenoxy) is 1. The Balaban J connectivity index is 1.67. The fourth-order valence-electron chi connectivity index (χ4n) is 3.92. The minimum atomic E-state index is -4.19. The van der Waals surface area contributed by atoms with Crippen molar-refractivity contribution in [3.8, 4) is 17.4 Å². The van der Waals surface area contributed by atoms with E-state index in [2.05, 4.69) is 4.98 Å². The minimum Gasteiger partial charge on any atom is -0.505 e. The fraction of sp³-hybridized carbons (Fsp3) is 0.227. The van der Waals surface area contributed by atoms with Crippen molar-refractivity contribution < 1.29 is 31.9 Å². The van der Waals surface area contributed by atoms with Gasteiger partial charge in [0, 0.05) is 30.9 Å². The summed E-state index contributed by atoms with van der Waals surface area (Å²) < 4.78 is 52.7. The predicted octanol–water partition coefficient (Wildman–Crippen LogP) is 2.74. The van der Waals surface area contributed by atoms with Gasteiger partial charge in [0.25, 0.3) is 0 Å². The molecule has 1 fully saturated rings. The van der Waals surface area contributed by atoms with E-state index < -0.39 is 10.3 Å². The summed E-state index contributed by atoms with van der Waals surface area (Å²) in [4.78, 5) is 4.16. The van der Waals surface area contributed by atoms with E-state index in [9.17, 15) is 23.0 Å². The number of rotatable bonds is 5. The molecule has 0 bridgehead atoms. The largest absolute Gasteiger partial charge is 0.505 e. The lowest BCUT2D eigenvalue weighted by Gasteiger charge is -2.25. The van der Waals surface area contributed by atoms with Crippen LogP contribution in [-0.2, 0) is 21.6 Å². The Morgan fingerprint density at radius 2 is 1.82 bits per heavy atom. The van der Waals surface area contributed by atoms with E-state index >= 15 is 0 Å². The van der Waals surface area contributed by atoms with Crippen LogP contribution in [0.15, 0.2) is 48.8 Å². The zero-order valence-electron chi connectivity index (χ0n) is 17.3. The van der Waals surface area contributed by atoms with Crippen LogP contribution in [0.1, 0.15) is 5.56 Å². The summed E-state index contributed by atoms with van der Waals surface area (Å²) in [5, 5.41) is 22.2. The second kappa shape index (κ2) is 8.18. The van der Waals surface area contributed by atoms with Gasteiger partial charge in [0.1, 0.15) is 11.3 Å². The van der Waals surface area contributed by atoms with Gasteiger partial charge in [-0.2, -0.15) is 12.7 Å². The summed E-state index contributed by atoms with van der Waals surface area (Å²) >= 11 is 0. The van der Waals surface area contributed by atoms with Gasteiger partial charge in [-0.3, -0.25) is 4.98 Å². The second-order valence-corrected chi connectivity index (χ2v) is 9.16. The van der Waals surface area contributed by atoms with Crippen molar-refractivity contribution in [2.24, 2.45) is 0 Å². The summed E-state index contributed by atoms with van der Waals surface area (Å²) in [6.07, 6.45) is 2.94. The molecule has 0 atom stereocenters. The highest BCUT2D eigenvalue weighted by molar-refractivity contribution is 7.84. The number of fused-ring (bicyclic) bond motifs is 2. The van der Waals surface area contributed by atoms with Crippen LogP contribution in [0.25, 0.3) is 21.7 Å². The van der Waals surface area contributed by atoms with Gasteiger partial charge in [0.2, 0.25) is 5.88 Å². The highest BCUT2D eigenvalue weighted by Crippen LogP contribution is 2.46. The van der Waals surface area contributed by atoms with E-state index in [1.165, 1.54) is 33.4 Å². The standard InChI is InChI=1S/C22H20FN3O6S/c23-15-5-3-14(4-6-15)12-25-13-17-18(22(25)28)20(27)19-16(2-1-7-24-19)21(17)32-33(29,30)26-8-10-31-11-9-26/h1-7,13,27-28H,8-12H2. The molecule has 172 valence electrons. The first-order valence-corrected chi connectivity index (χ1v) is 11.5. The molecule has 2 aromatic heterocycles. The second-order valence-electron chi connectivity index (χ2n) is 7.63. The van der Waals surface area contributed by atoms with Gasteiger partial charge < -0.3 is 23.7 Å². The number of hydrogen-bond acceptors (Lipinski definition) is 7. The molecule has 5 rings (SSSR count). The van der Waals surface area contributed by atoms with Crippen LogP contribution in [0.4, 0.5) is 4.39 Å². The van der Waals surface area contributed by atoms with Crippen LogP contribution in [0.5, 0.6) is 17.4 Å². The predicted molar refractivity (Wildman–Crippen MR) is 118 cm³/mol. The molecule has 4 aromatic rings. The third-order valence-corrected chi connectivity index (χ3v) is 6.92. The topological polar surface area (TPSA) is 114 Å². The molecule has 11 heteroatoms. The van der Waals surface area contributed by atoms with Crippen molar-refractivity contribution in [2.75, 3.05) is 26.3 Å². The van der Waals surface area contributed by atoms with Crippen molar-refractivity contribution in [2.45, 2.75) is 6.54 Å². The summed E-state index contributed by atoms with van der Waals surface area (Å²) in [6, 6.07) is 8.91. The number of aromatic hydroxyl groups is 2. The molecule has 0 amide bonds. The van der Waals surface area contributed by atoms with Crippen molar-refractivity contribution in [1.82, 2.24) is 13.9 Å². The number of morpholine rings is 1. The van der Waals surface area contributed by atoms with E-state index in [4.69, 9.17) is 8.92 Å². The third-order valence-electron chi connectivity index (χ3n) is 5.55. The summed E-state index contributed by atoms with van der Waals surface area (Å²) in [7, 11) is -4.19. The Morgan fingerprint density at radius 1 is 1.09 bits per heavy atom. The van der Waals surface area contributed by atoms with Gasteiger partial charge in [-0.05, 0) is 29.8 Å². The molecule has 0 saturated carbocycles. The van der Waals surface area contributed by atoms with Crippen LogP contribution in [0, 0.1) is 5.82 Å². The van der Waals surface area contributed by atoms with Gasteiger partial charge in [0.15, 0.2) is 11.5 Å². The molecule has 33 heavy (non-hydrogen) atoms. The quantitative estimate of drug-likeness (QED) is 0.458. The summed E-state index contributed by atoms with van der Waals surface area (Å²) in [5.41, 5.74) is 0.782. The number of halogens is 1. The first-order chi connectivity index (χ1) is 15.8. The molecular formula is C22H20FN3O6S. The third kappa shape index (κ3) is 3.84. The summed E-state index contributed by atoms with van der Waals surface area (Å²) in [5.74, 6) is -1.04. The van der Waals surface area contributed by atoms with Gasteiger partial charge in [-0.1, -0.05) is 12.1 Å². The zero-order chi connectivity index (χ0) is 23.2. The molecule has 2 N–H and O–H groups in total. The van der Waals surface area contributed by atoms with Crippen molar-refractivity contribution >= 4 is 32.0 Å². The number of benzene rings is 2. The molecule has 2 aromatic carbocycles. The smallest absolute Gasteiger partial charge is 0.385 e. The van der Waals surface area contributed by atoms with Gasteiger partial charge in [-0.15, -0.1) is 0 Å². The normalized spacial score (nSPS) is 15.3. The van der Waals surface area contributed by atoms with Crippen LogP contribution in [-0.4, -0.2) is 58.8 Å². The average Bonchev–Trinajstić information content (AvgIpc) is 3.15. The molecule has 1 aliphatic heterocycles. The molecule has 0 radical (unpaired) electrons. The Hall–Kier alpha value is -3.41. The molecule has 0 spiro atoms. The Labute approximate surface area is 188 Å². The van der Waals surface area contributed by atoms with E-state index in [1.54, 1.807) is 24.3 Å². The van der Waals surface area contributed by atoms with Crippen LogP contribution in [0.3, 0.4) is 0 Å². The maximum absolute atomic E-state index is 13.3. The van der Waals surface area contributed by atoms with Gasteiger partial charge in [-0.25, -0.2) is 4.39 Å². The maximum Gasteiger partial charge on any atom is 0.385 e. The van der Waals surface area contributed by atoms with Gasteiger partial charge in [0.05, 0.1) is 30.5 Å². The Morgan fingerprint density at radius 3 is 2.55 bits per heavy atom. The van der Waals surface area contributed by atoms with E-state index in [-0.39, 0.29) is 77.7 Å². The van der Waals surface area contributed by atoms with E-state index in [1.807, 2.05) is 0 Å². The van der Waals surface area contributed by atoms with Crippen molar-refractivity contribution in [3.05, 3.63) is 60.2 Å². The number of hydrogen-bond donors (Lipinski definition) is 2. The molecule has 9 nitrogen and oxygen atoms in total. The van der Waals surface area contributed by atoms with Crippen molar-refractivity contribution in [1.29, 1.82) is 0 Å². The Kier molecular flexibility index (Phi) is 5.31. The average molecular weight is 473 g/mol. The van der Waals surface area contributed by atoms with Crippen LogP contribution in [0.2, 0.25) is 0 Å². The molecule has 0 aliphatic carbocycles. The first-order valence-electron chi connectivity index (χ1n) is 10.2. The number of nitrogens with zero attached hydrogens (tertiary/aromatic N) is 3. The fourth-order valence-corrected chi connectivity index (χ4v) is 5.01. The molecule has 1 saturated heterocycles. The van der Waals surface area contributed by atoms with Gasteiger partial charge >= 0.3 is 10.3 Å². The number of aromatic nitrogens is 2. The van der Waals surface area contributed by atoms with E-state index in [0.717, 1.165) is 0 Å². The summed E-state index contributed by atoms with van der Waals surface area (Å²) in [6.45, 7) is 0.961. The SMILES string of the molecule is O=S(=O)(Oc1c2cccnc2c(O)c2c(O)n(Cc3ccc(F)cc3)cc12)N1CCOCC1. The molecular weight excluding hydrogens is 453 g/mol.